The number of rotatable bonds is 6. The van der Waals surface area contributed by atoms with E-state index in [0.29, 0.717) is 12.1 Å². The molecule has 2 aromatic carbocycles. The summed E-state index contributed by atoms with van der Waals surface area (Å²) in [7, 11) is 0. The molecule has 2 aromatic rings. The Morgan fingerprint density at radius 2 is 1.64 bits per heavy atom. The molecule has 0 aromatic heterocycles. The van der Waals surface area contributed by atoms with E-state index in [9.17, 15) is 15.0 Å². The van der Waals surface area contributed by atoms with Crippen molar-refractivity contribution in [2.45, 2.75) is 26.4 Å². The molecule has 0 unspecified atom stereocenters. The number of hydrogen-bond acceptors (Lipinski definition) is 4. The van der Waals surface area contributed by atoms with Crippen molar-refractivity contribution in [1.82, 2.24) is 4.90 Å². The van der Waals surface area contributed by atoms with Gasteiger partial charge in [0.2, 0.25) is 0 Å². The van der Waals surface area contributed by atoms with Crippen LogP contribution in [0, 0.1) is 0 Å². The number of benzene rings is 2. The highest BCUT2D eigenvalue weighted by atomic mass is 16.3. The van der Waals surface area contributed by atoms with Crippen molar-refractivity contribution in [3.63, 3.8) is 0 Å². The van der Waals surface area contributed by atoms with E-state index in [0.717, 1.165) is 5.56 Å². The van der Waals surface area contributed by atoms with Crippen LogP contribution in [0.1, 0.15) is 29.8 Å². The first-order valence-corrected chi connectivity index (χ1v) is 7.30. The van der Waals surface area contributed by atoms with Crippen LogP contribution in [0.3, 0.4) is 0 Å². The number of phenols is 2. The molecule has 0 fully saturated rings. The molecule has 0 aliphatic carbocycles. The van der Waals surface area contributed by atoms with Crippen molar-refractivity contribution in [2.75, 3.05) is 6.54 Å². The van der Waals surface area contributed by atoms with Crippen molar-refractivity contribution < 1.29 is 15.0 Å². The first-order valence-electron chi connectivity index (χ1n) is 7.30. The van der Waals surface area contributed by atoms with Gasteiger partial charge in [0.1, 0.15) is 11.5 Å². The number of phenolic OH excluding ortho intramolecular Hbond substituents is 2. The molecule has 0 saturated carbocycles. The van der Waals surface area contributed by atoms with Crippen LogP contribution >= 0.6 is 0 Å². The van der Waals surface area contributed by atoms with Gasteiger partial charge in [0.15, 0.2) is 5.78 Å². The third kappa shape index (κ3) is 4.33. The standard InChI is InChI=1S/C18H21NO3/c1-13(2)19(11-14-6-4-3-5-7-14)12-18(22)15-8-16(20)10-17(21)9-15/h3-10,13,20-21H,11-12H2,1-2H3. The van der Waals surface area contributed by atoms with Crippen molar-refractivity contribution in [3.8, 4) is 11.5 Å². The average molecular weight is 299 g/mol. The Bertz CT molecular complexity index is 618. The molecule has 4 nitrogen and oxygen atoms in total. The number of Topliss-reactive ketones (excluding diaryl/α,β-unsaturated/α-hetero) is 1. The summed E-state index contributed by atoms with van der Waals surface area (Å²) in [6.07, 6.45) is 0. The lowest BCUT2D eigenvalue weighted by atomic mass is 10.1. The molecule has 22 heavy (non-hydrogen) atoms. The lowest BCUT2D eigenvalue weighted by molar-refractivity contribution is 0.0897. The number of nitrogens with zero attached hydrogens (tertiary/aromatic N) is 1. The average Bonchev–Trinajstić information content (AvgIpc) is 2.46. The van der Waals surface area contributed by atoms with Crippen LogP contribution in [0.5, 0.6) is 11.5 Å². The second-order valence-corrected chi connectivity index (χ2v) is 5.65. The zero-order valence-electron chi connectivity index (χ0n) is 12.9. The van der Waals surface area contributed by atoms with Gasteiger partial charge in [0.25, 0.3) is 0 Å². The first kappa shape index (κ1) is 16.0. The van der Waals surface area contributed by atoms with Crippen LogP contribution in [-0.2, 0) is 6.54 Å². The molecule has 0 spiro atoms. The van der Waals surface area contributed by atoms with Gasteiger partial charge in [-0.05, 0) is 31.5 Å². The number of carbonyl (C=O) groups is 1. The summed E-state index contributed by atoms with van der Waals surface area (Å²) in [5.74, 6) is -0.346. The summed E-state index contributed by atoms with van der Waals surface area (Å²) in [5.41, 5.74) is 1.46. The minimum absolute atomic E-state index is 0.109. The molecule has 0 amide bonds. The van der Waals surface area contributed by atoms with Crippen LogP contribution in [0.2, 0.25) is 0 Å². The molecular weight excluding hydrogens is 278 g/mol. The molecule has 0 atom stereocenters. The molecular formula is C18H21NO3. The molecule has 0 aliphatic heterocycles. The third-order valence-electron chi connectivity index (χ3n) is 3.53. The first-order chi connectivity index (χ1) is 10.5. The van der Waals surface area contributed by atoms with Crippen molar-refractivity contribution in [2.24, 2.45) is 0 Å². The van der Waals surface area contributed by atoms with Crippen LogP contribution in [0.15, 0.2) is 48.5 Å². The molecule has 0 heterocycles. The molecule has 0 bridgehead atoms. The lowest BCUT2D eigenvalue weighted by Gasteiger charge is -2.25. The zero-order chi connectivity index (χ0) is 16.1. The molecule has 0 saturated heterocycles. The van der Waals surface area contributed by atoms with Gasteiger partial charge >= 0.3 is 0 Å². The minimum atomic E-state index is -0.129. The summed E-state index contributed by atoms with van der Waals surface area (Å²) in [4.78, 5) is 14.4. The van der Waals surface area contributed by atoms with E-state index >= 15 is 0 Å². The monoisotopic (exact) mass is 299 g/mol. The van der Waals surface area contributed by atoms with Crippen LogP contribution in [-0.4, -0.2) is 33.5 Å². The lowest BCUT2D eigenvalue weighted by Crippen LogP contribution is -2.35. The van der Waals surface area contributed by atoms with Crippen molar-refractivity contribution in [1.29, 1.82) is 0 Å². The number of hydrogen-bond donors (Lipinski definition) is 2. The van der Waals surface area contributed by atoms with Gasteiger partial charge in [-0.1, -0.05) is 30.3 Å². The smallest absolute Gasteiger partial charge is 0.177 e. The van der Waals surface area contributed by atoms with Crippen molar-refractivity contribution >= 4 is 5.78 Å². The van der Waals surface area contributed by atoms with Crippen LogP contribution in [0.4, 0.5) is 0 Å². The van der Waals surface area contributed by atoms with E-state index in [4.69, 9.17) is 0 Å². The Morgan fingerprint density at radius 1 is 1.05 bits per heavy atom. The van der Waals surface area contributed by atoms with Gasteiger partial charge in [-0.3, -0.25) is 9.69 Å². The predicted octanol–water partition coefficient (Wildman–Crippen LogP) is 3.19. The second kappa shape index (κ2) is 7.09. The predicted molar refractivity (Wildman–Crippen MR) is 86.1 cm³/mol. The van der Waals surface area contributed by atoms with Gasteiger partial charge < -0.3 is 10.2 Å². The summed E-state index contributed by atoms with van der Waals surface area (Å²) in [6, 6.07) is 14.1. The highest BCUT2D eigenvalue weighted by Gasteiger charge is 2.17. The SMILES string of the molecule is CC(C)N(CC(=O)c1cc(O)cc(O)c1)Cc1ccccc1. The summed E-state index contributed by atoms with van der Waals surface area (Å²) in [6.45, 7) is 4.98. The third-order valence-corrected chi connectivity index (χ3v) is 3.53. The maximum absolute atomic E-state index is 12.4. The van der Waals surface area contributed by atoms with Gasteiger partial charge in [-0.15, -0.1) is 0 Å². The maximum Gasteiger partial charge on any atom is 0.177 e. The Kier molecular flexibility index (Phi) is 5.17. The quantitative estimate of drug-likeness (QED) is 0.804. The Labute approximate surface area is 130 Å². The number of carbonyl (C=O) groups excluding carboxylic acids is 1. The van der Waals surface area contributed by atoms with E-state index in [1.807, 2.05) is 44.2 Å². The van der Waals surface area contributed by atoms with Crippen LogP contribution < -0.4 is 0 Å². The fraction of sp³-hybridized carbons (Fsp3) is 0.278. The normalized spacial score (nSPS) is 11.1. The van der Waals surface area contributed by atoms with Gasteiger partial charge in [-0.2, -0.15) is 0 Å². The topological polar surface area (TPSA) is 60.8 Å². The maximum atomic E-state index is 12.4. The Morgan fingerprint density at radius 3 is 2.18 bits per heavy atom. The molecule has 0 aliphatic rings. The van der Waals surface area contributed by atoms with E-state index < -0.39 is 0 Å². The minimum Gasteiger partial charge on any atom is -0.508 e. The second-order valence-electron chi connectivity index (χ2n) is 5.65. The van der Waals surface area contributed by atoms with E-state index in [-0.39, 0.29) is 29.9 Å². The van der Waals surface area contributed by atoms with Crippen LogP contribution in [0.25, 0.3) is 0 Å². The fourth-order valence-electron chi connectivity index (χ4n) is 2.27. The summed E-state index contributed by atoms with van der Waals surface area (Å²) in [5, 5.41) is 19.0. The summed E-state index contributed by atoms with van der Waals surface area (Å²) >= 11 is 0. The van der Waals surface area contributed by atoms with E-state index in [1.54, 1.807) is 0 Å². The Hall–Kier alpha value is -2.33. The highest BCUT2D eigenvalue weighted by molar-refractivity contribution is 5.98. The fourth-order valence-corrected chi connectivity index (χ4v) is 2.27. The zero-order valence-corrected chi connectivity index (χ0v) is 12.9. The van der Waals surface area contributed by atoms with Gasteiger partial charge in [0.05, 0.1) is 6.54 Å². The summed E-state index contributed by atoms with van der Waals surface area (Å²) < 4.78 is 0. The molecule has 0 radical (unpaired) electrons. The van der Waals surface area contributed by atoms with Gasteiger partial charge in [0, 0.05) is 24.2 Å². The van der Waals surface area contributed by atoms with Gasteiger partial charge in [-0.25, -0.2) is 0 Å². The van der Waals surface area contributed by atoms with Crippen molar-refractivity contribution in [3.05, 3.63) is 59.7 Å². The number of aromatic hydroxyl groups is 2. The molecule has 116 valence electrons. The molecule has 2 rings (SSSR count). The molecule has 4 heteroatoms. The van der Waals surface area contributed by atoms with E-state index in [1.165, 1.54) is 18.2 Å². The Balaban J connectivity index is 2.12. The largest absolute Gasteiger partial charge is 0.508 e. The highest BCUT2D eigenvalue weighted by Crippen LogP contribution is 2.21. The van der Waals surface area contributed by atoms with E-state index in [2.05, 4.69) is 4.90 Å². The number of ketones is 1. The molecule has 2 N–H and O–H groups in total.